The van der Waals surface area contributed by atoms with Crippen molar-refractivity contribution >= 4 is 46.1 Å². The second kappa shape index (κ2) is 9.54. The zero-order chi connectivity index (χ0) is 23.7. The van der Waals surface area contributed by atoms with Gasteiger partial charge in [0.05, 0.1) is 10.9 Å². The predicted octanol–water partition coefficient (Wildman–Crippen LogP) is 4.52. The standard InChI is InChI=1S/C25H26N4O2S2/c1-16-19(22(28-12-8-5-9-13-28)27(3)23(30)20(16)15-26)14-21-24(31)29(25(32)33-21)17(2)18-10-6-4-7-11-18/h4,6-7,10-11,14,17H,5,8-9,12-13H2,1-3H3/b21-14+/t17-/m0/s1. The molecule has 2 aromatic rings. The number of amides is 1. The zero-order valence-electron chi connectivity index (χ0n) is 19.0. The molecule has 3 heterocycles. The highest BCUT2D eigenvalue weighted by molar-refractivity contribution is 8.26. The van der Waals surface area contributed by atoms with E-state index in [4.69, 9.17) is 12.2 Å². The average molecular weight is 479 g/mol. The second-order valence-corrected chi connectivity index (χ2v) is 10.1. The molecule has 170 valence electrons. The van der Waals surface area contributed by atoms with Crippen molar-refractivity contribution in [3.05, 3.63) is 67.8 Å². The molecule has 2 aliphatic rings. The molecule has 33 heavy (non-hydrogen) atoms. The van der Waals surface area contributed by atoms with Crippen molar-refractivity contribution in [2.24, 2.45) is 7.05 Å². The van der Waals surface area contributed by atoms with Gasteiger partial charge in [-0.1, -0.05) is 54.3 Å². The van der Waals surface area contributed by atoms with Crippen LogP contribution < -0.4 is 10.5 Å². The van der Waals surface area contributed by atoms with Gasteiger partial charge in [-0.15, -0.1) is 0 Å². The Hall–Kier alpha value is -2.89. The van der Waals surface area contributed by atoms with Gasteiger partial charge in [0.1, 0.15) is 21.8 Å². The summed E-state index contributed by atoms with van der Waals surface area (Å²) >= 11 is 6.85. The van der Waals surface area contributed by atoms with E-state index in [1.165, 1.54) is 11.8 Å². The number of nitriles is 1. The molecule has 0 aliphatic carbocycles. The molecule has 2 aliphatic heterocycles. The number of thioether (sulfide) groups is 1. The summed E-state index contributed by atoms with van der Waals surface area (Å²) in [4.78, 5) is 30.7. The quantitative estimate of drug-likeness (QED) is 0.475. The summed E-state index contributed by atoms with van der Waals surface area (Å²) in [5.74, 6) is 0.607. The van der Waals surface area contributed by atoms with E-state index in [9.17, 15) is 14.9 Å². The van der Waals surface area contributed by atoms with Gasteiger partial charge in [0.15, 0.2) is 0 Å². The van der Waals surface area contributed by atoms with E-state index in [1.54, 1.807) is 23.4 Å². The lowest BCUT2D eigenvalue weighted by Gasteiger charge is -2.32. The minimum Gasteiger partial charge on any atom is -0.357 e. The summed E-state index contributed by atoms with van der Waals surface area (Å²) in [7, 11) is 1.70. The second-order valence-electron chi connectivity index (χ2n) is 8.40. The van der Waals surface area contributed by atoms with E-state index in [1.807, 2.05) is 43.3 Å². The Morgan fingerprint density at radius 3 is 2.45 bits per heavy atom. The number of carbonyl (C=O) groups excluding carboxylic acids is 1. The number of thiocarbonyl (C=S) groups is 1. The number of rotatable bonds is 4. The Morgan fingerprint density at radius 1 is 1.15 bits per heavy atom. The molecule has 1 atom stereocenters. The summed E-state index contributed by atoms with van der Waals surface area (Å²) in [5, 5.41) is 9.65. The topological polar surface area (TPSA) is 69.3 Å². The lowest BCUT2D eigenvalue weighted by Crippen LogP contribution is -2.36. The van der Waals surface area contributed by atoms with E-state index >= 15 is 0 Å². The average Bonchev–Trinajstić information content (AvgIpc) is 3.11. The van der Waals surface area contributed by atoms with Gasteiger partial charge in [-0.3, -0.25) is 19.1 Å². The van der Waals surface area contributed by atoms with Crippen molar-refractivity contribution in [2.45, 2.75) is 39.2 Å². The van der Waals surface area contributed by atoms with Crippen molar-refractivity contribution in [1.29, 1.82) is 5.26 Å². The fourth-order valence-corrected chi connectivity index (χ4v) is 5.93. The first-order valence-electron chi connectivity index (χ1n) is 11.1. The van der Waals surface area contributed by atoms with Gasteiger partial charge in [0.2, 0.25) is 0 Å². The molecule has 0 unspecified atom stereocenters. The number of nitrogens with zero attached hydrogens (tertiary/aromatic N) is 4. The minimum atomic E-state index is -0.307. The Labute approximate surface area is 203 Å². The van der Waals surface area contributed by atoms with Crippen molar-refractivity contribution in [1.82, 2.24) is 9.47 Å². The summed E-state index contributed by atoms with van der Waals surface area (Å²) in [6, 6.07) is 11.7. The highest BCUT2D eigenvalue weighted by atomic mass is 32.2. The Kier molecular flexibility index (Phi) is 6.73. The van der Waals surface area contributed by atoms with Gasteiger partial charge in [-0.2, -0.15) is 5.26 Å². The normalized spacial score (nSPS) is 18.7. The van der Waals surface area contributed by atoms with Crippen molar-refractivity contribution in [3.63, 3.8) is 0 Å². The van der Waals surface area contributed by atoms with Crippen LogP contribution in [0.15, 0.2) is 40.0 Å². The third-order valence-electron chi connectivity index (χ3n) is 6.39. The number of benzene rings is 1. The maximum atomic E-state index is 13.4. The Balaban J connectivity index is 1.81. The molecule has 1 aromatic heterocycles. The van der Waals surface area contributed by atoms with Crippen LogP contribution in [0.5, 0.6) is 0 Å². The highest BCUT2D eigenvalue weighted by Crippen LogP contribution is 2.39. The Bertz CT molecular complexity index is 1240. The molecule has 4 rings (SSSR count). The van der Waals surface area contributed by atoms with Crippen LogP contribution in [0.2, 0.25) is 0 Å². The number of hydrogen-bond acceptors (Lipinski definition) is 6. The third kappa shape index (κ3) is 4.23. The number of piperidine rings is 1. The van der Waals surface area contributed by atoms with Crippen LogP contribution in [0.1, 0.15) is 54.5 Å². The maximum absolute atomic E-state index is 13.4. The van der Waals surface area contributed by atoms with Crippen molar-refractivity contribution < 1.29 is 4.79 Å². The van der Waals surface area contributed by atoms with Crippen LogP contribution in [0.25, 0.3) is 6.08 Å². The van der Waals surface area contributed by atoms with Gasteiger partial charge in [0, 0.05) is 25.7 Å². The molecule has 0 bridgehead atoms. The van der Waals surface area contributed by atoms with E-state index in [-0.39, 0.29) is 23.1 Å². The van der Waals surface area contributed by atoms with Crippen LogP contribution in [0.3, 0.4) is 0 Å². The number of anilines is 1. The molecule has 1 amide bonds. The molecule has 0 spiro atoms. The lowest BCUT2D eigenvalue weighted by atomic mass is 10.0. The zero-order valence-corrected chi connectivity index (χ0v) is 20.6. The monoisotopic (exact) mass is 478 g/mol. The summed E-state index contributed by atoms with van der Waals surface area (Å²) < 4.78 is 2.06. The van der Waals surface area contributed by atoms with E-state index in [2.05, 4.69) is 11.0 Å². The van der Waals surface area contributed by atoms with E-state index in [0.717, 1.165) is 49.3 Å². The SMILES string of the molecule is Cc1c(/C=C2/SC(=S)N([C@@H](C)c3ccccc3)C2=O)c(N2CCCCC2)n(C)c(=O)c1C#N. The molecule has 2 fully saturated rings. The predicted molar refractivity (Wildman–Crippen MR) is 137 cm³/mol. The minimum absolute atomic E-state index is 0.109. The fourth-order valence-electron chi connectivity index (χ4n) is 4.53. The summed E-state index contributed by atoms with van der Waals surface area (Å²) in [5.41, 5.74) is 2.15. The molecular weight excluding hydrogens is 452 g/mol. The van der Waals surface area contributed by atoms with Crippen LogP contribution in [-0.2, 0) is 11.8 Å². The number of aromatic nitrogens is 1. The molecular formula is C25H26N4O2S2. The van der Waals surface area contributed by atoms with Gasteiger partial charge in [0.25, 0.3) is 11.5 Å². The van der Waals surface area contributed by atoms with Gasteiger partial charge >= 0.3 is 0 Å². The number of carbonyl (C=O) groups is 1. The molecule has 8 heteroatoms. The first-order chi connectivity index (χ1) is 15.8. The molecule has 2 saturated heterocycles. The van der Waals surface area contributed by atoms with Crippen molar-refractivity contribution in [2.75, 3.05) is 18.0 Å². The molecule has 0 radical (unpaired) electrons. The maximum Gasteiger partial charge on any atom is 0.270 e. The largest absolute Gasteiger partial charge is 0.357 e. The smallest absolute Gasteiger partial charge is 0.270 e. The number of pyridine rings is 1. The van der Waals surface area contributed by atoms with Crippen LogP contribution in [0.4, 0.5) is 5.82 Å². The first-order valence-corrected chi connectivity index (χ1v) is 12.3. The van der Waals surface area contributed by atoms with Crippen molar-refractivity contribution in [3.8, 4) is 6.07 Å². The first kappa shape index (κ1) is 23.3. The van der Waals surface area contributed by atoms with Gasteiger partial charge in [-0.25, -0.2) is 0 Å². The van der Waals surface area contributed by atoms with Crippen LogP contribution in [0, 0.1) is 18.3 Å². The van der Waals surface area contributed by atoms with E-state index in [0.29, 0.717) is 14.8 Å². The van der Waals surface area contributed by atoms with E-state index < -0.39 is 0 Å². The third-order valence-corrected chi connectivity index (χ3v) is 7.72. The number of hydrogen-bond donors (Lipinski definition) is 0. The van der Waals surface area contributed by atoms with Gasteiger partial charge < -0.3 is 4.90 Å². The fraction of sp³-hybridized carbons (Fsp3) is 0.360. The molecule has 6 nitrogen and oxygen atoms in total. The van der Waals surface area contributed by atoms with Crippen LogP contribution in [-0.4, -0.2) is 32.8 Å². The Morgan fingerprint density at radius 2 is 1.82 bits per heavy atom. The summed E-state index contributed by atoms with van der Waals surface area (Å²) in [6.45, 7) is 5.43. The van der Waals surface area contributed by atoms with Crippen LogP contribution >= 0.6 is 24.0 Å². The molecule has 0 N–H and O–H groups in total. The summed E-state index contributed by atoms with van der Waals surface area (Å²) in [6.07, 6.45) is 5.06. The van der Waals surface area contributed by atoms with Gasteiger partial charge in [-0.05, 0) is 50.3 Å². The lowest BCUT2D eigenvalue weighted by molar-refractivity contribution is -0.123. The highest BCUT2D eigenvalue weighted by Gasteiger charge is 2.36. The molecule has 1 aromatic carbocycles. The molecule has 0 saturated carbocycles.